The van der Waals surface area contributed by atoms with E-state index >= 15 is 0 Å². The molecule has 0 spiro atoms. The second-order valence-corrected chi connectivity index (χ2v) is 5.82. The van der Waals surface area contributed by atoms with Crippen LogP contribution >= 0.6 is 11.3 Å². The van der Waals surface area contributed by atoms with Crippen molar-refractivity contribution in [1.82, 2.24) is 10.4 Å². The van der Waals surface area contributed by atoms with Crippen LogP contribution in [0.5, 0.6) is 0 Å². The lowest BCUT2D eigenvalue weighted by atomic mass is 9.97. The molecule has 0 saturated carbocycles. The van der Waals surface area contributed by atoms with Crippen molar-refractivity contribution in [2.75, 3.05) is 0 Å². The molecule has 0 aliphatic rings. The van der Waals surface area contributed by atoms with Crippen molar-refractivity contribution < 1.29 is 0 Å². The molecule has 1 unspecified atom stereocenters. The largest absolute Gasteiger partial charge is 0.271 e. The lowest BCUT2D eigenvalue weighted by Gasteiger charge is -2.17. The Morgan fingerprint density at radius 1 is 1.20 bits per heavy atom. The average Bonchev–Trinajstić information content (AvgIpc) is 2.89. The minimum atomic E-state index is 0.0756. The Hall–Kier alpha value is -1.75. The highest BCUT2D eigenvalue weighted by atomic mass is 32.1. The van der Waals surface area contributed by atoms with Gasteiger partial charge in [0.25, 0.3) is 0 Å². The van der Waals surface area contributed by atoms with E-state index in [-0.39, 0.29) is 6.04 Å². The highest BCUT2D eigenvalue weighted by Gasteiger charge is 2.15. The van der Waals surface area contributed by atoms with Crippen molar-refractivity contribution in [3.63, 3.8) is 0 Å². The molecular weight excluding hydrogens is 266 g/mol. The lowest BCUT2D eigenvalue weighted by Crippen LogP contribution is -2.29. The standard InChI is InChI=1S/C16H17N3S/c1-11-10-20-16(18-11)9-15(19-17)14-8-4-6-12-5-2-3-7-13(12)14/h2-8,10,15,19H,9,17H2,1H3. The highest BCUT2D eigenvalue weighted by molar-refractivity contribution is 7.09. The molecule has 1 aromatic heterocycles. The fourth-order valence-electron chi connectivity index (χ4n) is 2.48. The van der Waals surface area contributed by atoms with Crippen LogP contribution in [0, 0.1) is 6.92 Å². The smallest absolute Gasteiger partial charge is 0.0947 e. The third-order valence-corrected chi connectivity index (χ3v) is 4.43. The van der Waals surface area contributed by atoms with E-state index in [0.29, 0.717) is 0 Å². The second kappa shape index (κ2) is 5.71. The van der Waals surface area contributed by atoms with Crippen LogP contribution in [0.2, 0.25) is 0 Å². The maximum atomic E-state index is 5.78. The van der Waals surface area contributed by atoms with Gasteiger partial charge in [-0.05, 0) is 23.3 Å². The number of nitrogens with zero attached hydrogens (tertiary/aromatic N) is 1. The van der Waals surface area contributed by atoms with Crippen LogP contribution in [0.3, 0.4) is 0 Å². The fourth-order valence-corrected chi connectivity index (χ4v) is 3.30. The van der Waals surface area contributed by atoms with Gasteiger partial charge >= 0.3 is 0 Å². The molecule has 1 heterocycles. The summed E-state index contributed by atoms with van der Waals surface area (Å²) in [5.41, 5.74) is 5.22. The van der Waals surface area contributed by atoms with Crippen LogP contribution in [0.15, 0.2) is 47.8 Å². The van der Waals surface area contributed by atoms with Gasteiger partial charge in [-0.15, -0.1) is 11.3 Å². The van der Waals surface area contributed by atoms with Gasteiger partial charge in [0.1, 0.15) is 0 Å². The first-order valence-corrected chi connectivity index (χ1v) is 7.50. The molecule has 3 N–H and O–H groups in total. The Morgan fingerprint density at radius 3 is 2.75 bits per heavy atom. The summed E-state index contributed by atoms with van der Waals surface area (Å²) < 4.78 is 0. The number of aromatic nitrogens is 1. The number of nitrogens with two attached hydrogens (primary N) is 1. The number of nitrogens with one attached hydrogen (secondary N) is 1. The zero-order valence-corrected chi connectivity index (χ0v) is 12.2. The molecule has 3 nitrogen and oxygen atoms in total. The molecule has 3 aromatic rings. The van der Waals surface area contributed by atoms with Crippen LogP contribution in [0.1, 0.15) is 22.3 Å². The van der Waals surface area contributed by atoms with Crippen LogP contribution in [-0.4, -0.2) is 4.98 Å². The fraction of sp³-hybridized carbons (Fsp3) is 0.188. The molecule has 20 heavy (non-hydrogen) atoms. The summed E-state index contributed by atoms with van der Waals surface area (Å²) >= 11 is 1.69. The summed E-state index contributed by atoms with van der Waals surface area (Å²) in [5, 5.41) is 5.66. The minimum Gasteiger partial charge on any atom is -0.271 e. The van der Waals surface area contributed by atoms with E-state index < -0.39 is 0 Å². The summed E-state index contributed by atoms with van der Waals surface area (Å²) in [5.74, 6) is 5.78. The normalized spacial score (nSPS) is 12.7. The lowest BCUT2D eigenvalue weighted by molar-refractivity contribution is 0.554. The summed E-state index contributed by atoms with van der Waals surface area (Å²) in [4.78, 5) is 4.53. The van der Waals surface area contributed by atoms with E-state index in [1.54, 1.807) is 11.3 Å². The number of thiazole rings is 1. The Morgan fingerprint density at radius 2 is 2.00 bits per heavy atom. The second-order valence-electron chi connectivity index (χ2n) is 4.87. The predicted octanol–water partition coefficient (Wildman–Crippen LogP) is 3.35. The topological polar surface area (TPSA) is 50.9 Å². The number of aryl methyl sites for hydroxylation is 1. The molecule has 0 amide bonds. The quantitative estimate of drug-likeness (QED) is 0.570. The summed E-state index contributed by atoms with van der Waals surface area (Å²) in [7, 11) is 0. The zero-order chi connectivity index (χ0) is 13.9. The molecule has 1 atom stereocenters. The first-order chi connectivity index (χ1) is 9.78. The zero-order valence-electron chi connectivity index (χ0n) is 11.3. The predicted molar refractivity (Wildman–Crippen MR) is 84.6 cm³/mol. The SMILES string of the molecule is Cc1csc(CC(NN)c2cccc3ccccc23)n1. The van der Waals surface area contributed by atoms with Crippen molar-refractivity contribution in [3.05, 3.63) is 64.1 Å². The van der Waals surface area contributed by atoms with E-state index in [9.17, 15) is 0 Å². The first kappa shape index (κ1) is 13.2. The molecule has 0 aliphatic heterocycles. The monoisotopic (exact) mass is 283 g/mol. The molecule has 0 fully saturated rings. The molecule has 0 bridgehead atoms. The number of hydrogen-bond donors (Lipinski definition) is 2. The summed E-state index contributed by atoms with van der Waals surface area (Å²) in [6.07, 6.45) is 0.809. The highest BCUT2D eigenvalue weighted by Crippen LogP contribution is 2.27. The summed E-state index contributed by atoms with van der Waals surface area (Å²) in [6.45, 7) is 2.02. The Bertz CT molecular complexity index is 715. The van der Waals surface area contributed by atoms with Gasteiger partial charge in [-0.1, -0.05) is 42.5 Å². The van der Waals surface area contributed by atoms with Crippen molar-refractivity contribution >= 4 is 22.1 Å². The number of rotatable bonds is 4. The number of fused-ring (bicyclic) bond motifs is 1. The Balaban J connectivity index is 1.98. The van der Waals surface area contributed by atoms with Crippen LogP contribution < -0.4 is 11.3 Å². The third-order valence-electron chi connectivity index (χ3n) is 3.45. The van der Waals surface area contributed by atoms with E-state index in [1.165, 1.54) is 16.3 Å². The van der Waals surface area contributed by atoms with Gasteiger partial charge in [0.15, 0.2) is 0 Å². The van der Waals surface area contributed by atoms with Crippen LogP contribution in [-0.2, 0) is 6.42 Å². The van der Waals surface area contributed by atoms with E-state index in [2.05, 4.69) is 58.3 Å². The molecule has 4 heteroatoms. The molecule has 102 valence electrons. The van der Waals surface area contributed by atoms with Crippen molar-refractivity contribution in [2.45, 2.75) is 19.4 Å². The van der Waals surface area contributed by atoms with E-state index in [4.69, 9.17) is 5.84 Å². The maximum Gasteiger partial charge on any atom is 0.0947 e. The van der Waals surface area contributed by atoms with Crippen LogP contribution in [0.25, 0.3) is 10.8 Å². The number of benzene rings is 2. The Labute approximate surface area is 122 Å². The number of hydrogen-bond acceptors (Lipinski definition) is 4. The molecule has 2 aromatic carbocycles. The van der Waals surface area contributed by atoms with Gasteiger partial charge in [-0.25, -0.2) is 4.98 Å². The molecule has 0 radical (unpaired) electrons. The van der Waals surface area contributed by atoms with Gasteiger partial charge in [0.05, 0.1) is 11.0 Å². The number of hydrazine groups is 1. The van der Waals surface area contributed by atoms with Gasteiger partial charge in [0, 0.05) is 17.5 Å². The molecular formula is C16H17N3S. The molecule has 0 saturated heterocycles. The first-order valence-electron chi connectivity index (χ1n) is 6.62. The third kappa shape index (κ3) is 2.58. The Kier molecular flexibility index (Phi) is 3.78. The van der Waals surface area contributed by atoms with E-state index in [1.807, 2.05) is 6.92 Å². The van der Waals surface area contributed by atoms with Gasteiger partial charge in [0.2, 0.25) is 0 Å². The molecule has 0 aliphatic carbocycles. The molecule has 3 rings (SSSR count). The summed E-state index contributed by atoms with van der Waals surface area (Å²) in [6, 6.07) is 14.8. The van der Waals surface area contributed by atoms with Crippen molar-refractivity contribution in [3.8, 4) is 0 Å². The van der Waals surface area contributed by atoms with Crippen LogP contribution in [0.4, 0.5) is 0 Å². The maximum absolute atomic E-state index is 5.78. The van der Waals surface area contributed by atoms with Crippen molar-refractivity contribution in [2.24, 2.45) is 5.84 Å². The minimum absolute atomic E-state index is 0.0756. The van der Waals surface area contributed by atoms with Gasteiger partial charge in [-0.3, -0.25) is 11.3 Å². The van der Waals surface area contributed by atoms with Gasteiger partial charge in [-0.2, -0.15) is 0 Å². The van der Waals surface area contributed by atoms with Gasteiger partial charge < -0.3 is 0 Å². The van der Waals surface area contributed by atoms with E-state index in [0.717, 1.165) is 17.1 Å². The van der Waals surface area contributed by atoms with Crippen molar-refractivity contribution in [1.29, 1.82) is 0 Å². The average molecular weight is 283 g/mol.